The van der Waals surface area contributed by atoms with Gasteiger partial charge >= 0.3 is 12.1 Å². The number of nitrogens with one attached hydrogen (secondary N) is 1. The summed E-state index contributed by atoms with van der Waals surface area (Å²) in [5.41, 5.74) is 0.691. The largest absolute Gasteiger partial charge is 0.494 e. The van der Waals surface area contributed by atoms with Crippen molar-refractivity contribution in [2.45, 2.75) is 70.5 Å². The van der Waals surface area contributed by atoms with Crippen LogP contribution in [0.2, 0.25) is 0 Å². The Morgan fingerprint density at radius 2 is 1.73 bits per heavy atom. The number of benzene rings is 1. The fourth-order valence-corrected chi connectivity index (χ4v) is 2.49. The van der Waals surface area contributed by atoms with Gasteiger partial charge in [0.15, 0.2) is 0 Å². The molecule has 1 aromatic rings. The van der Waals surface area contributed by atoms with E-state index < -0.39 is 24.6 Å². The number of carboxylic acid groups (broad SMARTS) is 1. The van der Waals surface area contributed by atoms with Crippen molar-refractivity contribution in [3.05, 3.63) is 24.3 Å². The zero-order chi connectivity index (χ0) is 19.4. The van der Waals surface area contributed by atoms with Crippen molar-refractivity contribution in [2.75, 3.05) is 11.9 Å². The molecule has 0 spiro atoms. The summed E-state index contributed by atoms with van der Waals surface area (Å²) in [6.07, 6.45) is 0.779. The second-order valence-corrected chi connectivity index (χ2v) is 6.42. The zero-order valence-electron chi connectivity index (χ0n) is 15.1. The molecule has 0 saturated heterocycles. The lowest BCUT2D eigenvalue weighted by atomic mass is 10.1. The maximum Gasteiger partial charge on any atom is 0.389 e. The van der Waals surface area contributed by atoms with E-state index in [2.05, 4.69) is 5.32 Å². The van der Waals surface area contributed by atoms with E-state index in [1.54, 1.807) is 25.1 Å². The molecule has 148 valence electrons. The second kappa shape index (κ2) is 11.6. The molecule has 1 rings (SSSR count). The van der Waals surface area contributed by atoms with Crippen LogP contribution in [0.3, 0.4) is 0 Å². The number of halogens is 3. The van der Waals surface area contributed by atoms with Gasteiger partial charge in [0, 0.05) is 18.2 Å². The van der Waals surface area contributed by atoms with E-state index >= 15 is 0 Å². The van der Waals surface area contributed by atoms with Gasteiger partial charge in [-0.05, 0) is 31.9 Å². The van der Waals surface area contributed by atoms with Crippen LogP contribution in [0.4, 0.5) is 18.9 Å². The normalized spacial score (nSPS) is 12.6. The number of ether oxygens (including phenoxy) is 1. The molecule has 26 heavy (non-hydrogen) atoms. The van der Waals surface area contributed by atoms with Crippen molar-refractivity contribution in [1.29, 1.82) is 0 Å². The molecule has 0 aromatic heterocycles. The Hall–Kier alpha value is -1.92. The van der Waals surface area contributed by atoms with Crippen LogP contribution in [-0.4, -0.2) is 29.9 Å². The lowest BCUT2D eigenvalue weighted by Gasteiger charge is -2.12. The van der Waals surface area contributed by atoms with E-state index in [0.717, 1.165) is 32.1 Å². The number of aliphatic carboxylic acids is 1. The number of alkyl halides is 3. The van der Waals surface area contributed by atoms with E-state index in [9.17, 15) is 18.0 Å². The third kappa shape index (κ3) is 10.8. The van der Waals surface area contributed by atoms with Crippen LogP contribution in [0.5, 0.6) is 5.75 Å². The van der Waals surface area contributed by atoms with Gasteiger partial charge in [0.1, 0.15) is 11.8 Å². The van der Waals surface area contributed by atoms with Crippen LogP contribution < -0.4 is 10.1 Å². The van der Waals surface area contributed by atoms with E-state index in [0.29, 0.717) is 24.5 Å². The molecule has 0 heterocycles. The number of rotatable bonds is 13. The molecule has 0 saturated carbocycles. The molecule has 0 amide bonds. The summed E-state index contributed by atoms with van der Waals surface area (Å²) in [6, 6.07) is 6.48. The number of anilines is 1. The summed E-state index contributed by atoms with van der Waals surface area (Å²) >= 11 is 0. The van der Waals surface area contributed by atoms with E-state index in [1.807, 2.05) is 6.07 Å². The van der Waals surface area contributed by atoms with Crippen LogP contribution in [0, 0.1) is 0 Å². The van der Waals surface area contributed by atoms with Crippen LogP contribution in [0.15, 0.2) is 24.3 Å². The predicted molar refractivity (Wildman–Crippen MR) is 95.6 cm³/mol. The fraction of sp³-hybridized carbons (Fsp3) is 0.632. The Kier molecular flexibility index (Phi) is 9.91. The minimum atomic E-state index is -4.03. The van der Waals surface area contributed by atoms with Gasteiger partial charge in [-0.25, -0.2) is 0 Å². The summed E-state index contributed by atoms with van der Waals surface area (Å²) in [6.45, 7) is 2.13. The average Bonchev–Trinajstić information content (AvgIpc) is 2.55. The molecule has 1 atom stereocenters. The predicted octanol–water partition coefficient (Wildman–Crippen LogP) is 5.63. The van der Waals surface area contributed by atoms with Crippen molar-refractivity contribution in [1.82, 2.24) is 0 Å². The SMILES string of the molecule is C[C@H](Nc1cccc(OCCCCCCCCCC(F)(F)F)c1)C(=O)O. The van der Waals surface area contributed by atoms with Crippen molar-refractivity contribution < 1.29 is 27.8 Å². The molecule has 7 heteroatoms. The first-order valence-corrected chi connectivity index (χ1v) is 9.07. The standard InChI is InChI=1S/C19H28F3NO3/c1-15(18(24)25)23-16-10-9-11-17(14-16)26-13-8-6-4-2-3-5-7-12-19(20,21)22/h9-11,14-15,23H,2-8,12-13H2,1H3,(H,24,25)/t15-/m0/s1. The number of hydrogen-bond donors (Lipinski definition) is 2. The van der Waals surface area contributed by atoms with Gasteiger partial charge < -0.3 is 15.2 Å². The van der Waals surface area contributed by atoms with Crippen molar-refractivity contribution in [3.8, 4) is 5.75 Å². The highest BCUT2D eigenvalue weighted by molar-refractivity contribution is 5.76. The summed E-state index contributed by atoms with van der Waals surface area (Å²) in [5, 5.41) is 11.8. The molecule has 0 radical (unpaired) electrons. The number of carboxylic acids is 1. The van der Waals surface area contributed by atoms with Crippen LogP contribution in [0.1, 0.15) is 58.3 Å². The number of unbranched alkanes of at least 4 members (excludes halogenated alkanes) is 6. The maximum atomic E-state index is 12.0. The highest BCUT2D eigenvalue weighted by atomic mass is 19.4. The summed E-state index contributed by atoms with van der Waals surface area (Å²) < 4.78 is 41.6. The van der Waals surface area contributed by atoms with Gasteiger partial charge in [-0.15, -0.1) is 0 Å². The Bertz CT molecular complexity index is 535. The maximum absolute atomic E-state index is 12.0. The third-order valence-electron chi connectivity index (χ3n) is 3.96. The molecule has 0 unspecified atom stereocenters. The van der Waals surface area contributed by atoms with Crippen LogP contribution in [-0.2, 0) is 4.79 Å². The highest BCUT2D eigenvalue weighted by Crippen LogP contribution is 2.23. The van der Waals surface area contributed by atoms with E-state index in [4.69, 9.17) is 9.84 Å². The number of carbonyl (C=O) groups is 1. The van der Waals surface area contributed by atoms with Gasteiger partial charge in [0.05, 0.1) is 6.61 Å². The van der Waals surface area contributed by atoms with Crippen LogP contribution in [0.25, 0.3) is 0 Å². The molecule has 0 aliphatic heterocycles. The lowest BCUT2D eigenvalue weighted by molar-refractivity contribution is -0.137. The van der Waals surface area contributed by atoms with E-state index in [-0.39, 0.29) is 6.42 Å². The Morgan fingerprint density at radius 3 is 2.35 bits per heavy atom. The van der Waals surface area contributed by atoms with Gasteiger partial charge in [-0.3, -0.25) is 4.79 Å². The van der Waals surface area contributed by atoms with Crippen molar-refractivity contribution in [3.63, 3.8) is 0 Å². The molecule has 2 N–H and O–H groups in total. The molecule has 0 aliphatic carbocycles. The van der Waals surface area contributed by atoms with E-state index in [1.165, 1.54) is 0 Å². The Labute approximate surface area is 152 Å². The average molecular weight is 375 g/mol. The Morgan fingerprint density at radius 1 is 1.12 bits per heavy atom. The van der Waals surface area contributed by atoms with Gasteiger partial charge in [0.25, 0.3) is 0 Å². The van der Waals surface area contributed by atoms with Crippen molar-refractivity contribution in [2.24, 2.45) is 0 Å². The molecule has 0 fully saturated rings. The molecule has 4 nitrogen and oxygen atoms in total. The minimum absolute atomic E-state index is 0.220. The van der Waals surface area contributed by atoms with Crippen LogP contribution >= 0.6 is 0 Å². The Balaban J connectivity index is 2.08. The summed E-state index contributed by atoms with van der Waals surface area (Å²) in [7, 11) is 0. The van der Waals surface area contributed by atoms with Crippen molar-refractivity contribution >= 4 is 11.7 Å². The monoisotopic (exact) mass is 375 g/mol. The smallest absolute Gasteiger partial charge is 0.389 e. The molecule has 1 aromatic carbocycles. The second-order valence-electron chi connectivity index (χ2n) is 6.42. The topological polar surface area (TPSA) is 58.6 Å². The minimum Gasteiger partial charge on any atom is -0.494 e. The van der Waals surface area contributed by atoms with Gasteiger partial charge in [0.2, 0.25) is 0 Å². The first-order valence-electron chi connectivity index (χ1n) is 9.07. The first kappa shape index (κ1) is 22.1. The summed E-state index contributed by atoms with van der Waals surface area (Å²) in [5.74, 6) is -0.241. The number of hydrogen-bond acceptors (Lipinski definition) is 3. The highest BCUT2D eigenvalue weighted by Gasteiger charge is 2.25. The quantitative estimate of drug-likeness (QED) is 0.439. The molecule has 0 bridgehead atoms. The summed E-state index contributed by atoms with van der Waals surface area (Å²) in [4.78, 5) is 10.8. The lowest BCUT2D eigenvalue weighted by Crippen LogP contribution is -2.25. The molecular weight excluding hydrogens is 347 g/mol. The molecular formula is C19H28F3NO3. The fourth-order valence-electron chi connectivity index (χ4n) is 2.49. The first-order chi connectivity index (χ1) is 12.3. The van der Waals surface area contributed by atoms with Gasteiger partial charge in [-0.2, -0.15) is 13.2 Å². The molecule has 0 aliphatic rings. The third-order valence-corrected chi connectivity index (χ3v) is 3.96. The van der Waals surface area contributed by atoms with Gasteiger partial charge in [-0.1, -0.05) is 38.2 Å². The zero-order valence-corrected chi connectivity index (χ0v) is 15.1.